The highest BCUT2D eigenvalue weighted by molar-refractivity contribution is 9.10. The van der Waals surface area contributed by atoms with Crippen LogP contribution < -0.4 is 10.1 Å². The average Bonchev–Trinajstić information content (AvgIpc) is 2.64. The Morgan fingerprint density at radius 1 is 1.56 bits per heavy atom. The van der Waals surface area contributed by atoms with E-state index in [1.54, 1.807) is 7.11 Å². The molecule has 4 heteroatoms. The Balaban J connectivity index is 2.13. The van der Waals surface area contributed by atoms with Crippen molar-refractivity contribution >= 4 is 21.8 Å². The fraction of sp³-hybridized carbons (Fsp3) is 0.417. The molecule has 0 radical (unpaired) electrons. The Bertz CT molecular complexity index is 406. The normalized spacial score (nSPS) is 19.6. The van der Waals surface area contributed by atoms with Crippen LogP contribution in [0.2, 0.25) is 0 Å². The first kappa shape index (κ1) is 11.5. The third-order valence-corrected chi connectivity index (χ3v) is 3.29. The zero-order valence-corrected chi connectivity index (χ0v) is 10.7. The number of halogens is 1. The molecule has 0 bridgehead atoms. The predicted octanol–water partition coefficient (Wildman–Crippen LogP) is 2.28. The van der Waals surface area contributed by atoms with Gasteiger partial charge in [-0.2, -0.15) is 0 Å². The van der Waals surface area contributed by atoms with Gasteiger partial charge < -0.3 is 10.1 Å². The maximum absolute atomic E-state index is 11.1. The summed E-state index contributed by atoms with van der Waals surface area (Å²) in [5.74, 6) is 1.03. The van der Waals surface area contributed by atoms with Crippen molar-refractivity contribution < 1.29 is 9.53 Å². The molecular formula is C12H14BrNO2. The van der Waals surface area contributed by atoms with E-state index in [0.29, 0.717) is 6.42 Å². The number of benzene rings is 1. The molecule has 0 saturated carbocycles. The molecule has 1 heterocycles. The maximum atomic E-state index is 11.1. The number of hydrogen-bond donors (Lipinski definition) is 1. The molecule has 16 heavy (non-hydrogen) atoms. The van der Waals surface area contributed by atoms with Crippen molar-refractivity contribution in [2.75, 3.05) is 7.11 Å². The van der Waals surface area contributed by atoms with Gasteiger partial charge in [-0.3, -0.25) is 4.79 Å². The van der Waals surface area contributed by atoms with Gasteiger partial charge in [0.1, 0.15) is 5.75 Å². The van der Waals surface area contributed by atoms with Crippen LogP contribution in [0.5, 0.6) is 5.75 Å². The summed E-state index contributed by atoms with van der Waals surface area (Å²) in [6.07, 6.45) is 2.38. The van der Waals surface area contributed by atoms with Crippen molar-refractivity contribution in [3.63, 3.8) is 0 Å². The highest BCUT2D eigenvalue weighted by Gasteiger charge is 2.21. The Labute approximate surface area is 103 Å². The number of ether oxygens (including phenoxy) is 1. The van der Waals surface area contributed by atoms with Crippen molar-refractivity contribution in [3.05, 3.63) is 28.2 Å². The summed E-state index contributed by atoms with van der Waals surface area (Å²) in [7, 11) is 1.67. The van der Waals surface area contributed by atoms with Gasteiger partial charge in [-0.05, 0) is 36.6 Å². The molecule has 1 amide bonds. The summed E-state index contributed by atoms with van der Waals surface area (Å²) in [5, 5.41) is 2.96. The highest BCUT2D eigenvalue weighted by Crippen LogP contribution is 2.25. The SMILES string of the molecule is COc1ccc(Br)cc1CC1CCC(=O)N1. The van der Waals surface area contributed by atoms with E-state index in [0.717, 1.165) is 28.6 Å². The topological polar surface area (TPSA) is 38.3 Å². The summed E-state index contributed by atoms with van der Waals surface area (Å²) < 4.78 is 6.34. The van der Waals surface area contributed by atoms with Crippen molar-refractivity contribution in [3.8, 4) is 5.75 Å². The molecule has 1 aromatic carbocycles. The molecule has 1 atom stereocenters. The van der Waals surface area contributed by atoms with E-state index in [2.05, 4.69) is 21.2 Å². The van der Waals surface area contributed by atoms with Crippen LogP contribution in [0.3, 0.4) is 0 Å². The van der Waals surface area contributed by atoms with E-state index in [4.69, 9.17) is 4.74 Å². The lowest BCUT2D eigenvalue weighted by Crippen LogP contribution is -2.27. The number of carbonyl (C=O) groups is 1. The van der Waals surface area contributed by atoms with E-state index in [1.165, 1.54) is 0 Å². The summed E-state index contributed by atoms with van der Waals surface area (Å²) >= 11 is 3.44. The zero-order chi connectivity index (χ0) is 11.5. The second-order valence-electron chi connectivity index (χ2n) is 3.96. The van der Waals surface area contributed by atoms with Gasteiger partial charge in [0, 0.05) is 16.9 Å². The highest BCUT2D eigenvalue weighted by atomic mass is 79.9. The van der Waals surface area contributed by atoms with Gasteiger partial charge >= 0.3 is 0 Å². The summed E-state index contributed by atoms with van der Waals surface area (Å²) in [4.78, 5) is 11.1. The first-order chi connectivity index (χ1) is 7.69. The molecule has 0 aromatic heterocycles. The van der Waals surface area contributed by atoms with Crippen LogP contribution in [0.15, 0.2) is 22.7 Å². The second kappa shape index (κ2) is 4.87. The number of methoxy groups -OCH3 is 1. The fourth-order valence-electron chi connectivity index (χ4n) is 2.00. The number of carbonyl (C=O) groups excluding carboxylic acids is 1. The Morgan fingerprint density at radius 2 is 2.38 bits per heavy atom. The van der Waals surface area contributed by atoms with E-state index >= 15 is 0 Å². The molecular weight excluding hydrogens is 270 g/mol. The van der Waals surface area contributed by atoms with E-state index < -0.39 is 0 Å². The molecule has 3 nitrogen and oxygen atoms in total. The van der Waals surface area contributed by atoms with Gasteiger partial charge in [0.25, 0.3) is 0 Å². The number of hydrogen-bond acceptors (Lipinski definition) is 2. The van der Waals surface area contributed by atoms with Crippen LogP contribution in [-0.2, 0) is 11.2 Å². The molecule has 1 saturated heterocycles. The van der Waals surface area contributed by atoms with Crippen molar-refractivity contribution in [2.45, 2.75) is 25.3 Å². The van der Waals surface area contributed by atoms with Gasteiger partial charge in [-0.1, -0.05) is 15.9 Å². The standard InChI is InChI=1S/C12H14BrNO2/c1-16-11-4-2-9(13)6-8(11)7-10-3-5-12(15)14-10/h2,4,6,10H,3,5,7H2,1H3,(H,14,15). The molecule has 0 aliphatic carbocycles. The van der Waals surface area contributed by atoms with Crippen LogP contribution >= 0.6 is 15.9 Å². The van der Waals surface area contributed by atoms with Crippen molar-refractivity contribution in [2.24, 2.45) is 0 Å². The molecule has 1 fully saturated rings. The monoisotopic (exact) mass is 283 g/mol. The zero-order valence-electron chi connectivity index (χ0n) is 9.13. The summed E-state index contributed by atoms with van der Waals surface area (Å²) in [6.45, 7) is 0. The summed E-state index contributed by atoms with van der Waals surface area (Å²) in [5.41, 5.74) is 1.13. The first-order valence-electron chi connectivity index (χ1n) is 5.31. The summed E-state index contributed by atoms with van der Waals surface area (Å²) in [6, 6.07) is 6.19. The number of amides is 1. The smallest absolute Gasteiger partial charge is 0.220 e. The molecule has 0 spiro atoms. The Morgan fingerprint density at radius 3 is 3.00 bits per heavy atom. The lowest BCUT2D eigenvalue weighted by atomic mass is 10.0. The molecule has 1 N–H and O–H groups in total. The lowest BCUT2D eigenvalue weighted by Gasteiger charge is -2.13. The van der Waals surface area contributed by atoms with Gasteiger partial charge in [-0.25, -0.2) is 0 Å². The van der Waals surface area contributed by atoms with Crippen LogP contribution in [0.1, 0.15) is 18.4 Å². The first-order valence-corrected chi connectivity index (χ1v) is 6.10. The minimum absolute atomic E-state index is 0.152. The van der Waals surface area contributed by atoms with Crippen LogP contribution in [0, 0.1) is 0 Å². The third-order valence-electron chi connectivity index (χ3n) is 2.79. The van der Waals surface area contributed by atoms with Gasteiger partial charge in [0.05, 0.1) is 7.11 Å². The van der Waals surface area contributed by atoms with Crippen LogP contribution in [0.4, 0.5) is 0 Å². The number of rotatable bonds is 3. The predicted molar refractivity (Wildman–Crippen MR) is 65.6 cm³/mol. The average molecular weight is 284 g/mol. The largest absolute Gasteiger partial charge is 0.496 e. The molecule has 1 aromatic rings. The molecule has 2 rings (SSSR count). The number of nitrogens with one attached hydrogen (secondary N) is 1. The van der Waals surface area contributed by atoms with Crippen molar-refractivity contribution in [1.29, 1.82) is 0 Å². The lowest BCUT2D eigenvalue weighted by molar-refractivity contribution is -0.119. The van der Waals surface area contributed by atoms with Gasteiger partial charge in [-0.15, -0.1) is 0 Å². The van der Waals surface area contributed by atoms with E-state index in [1.807, 2.05) is 18.2 Å². The Kier molecular flexibility index (Phi) is 3.49. The fourth-order valence-corrected chi connectivity index (χ4v) is 2.41. The second-order valence-corrected chi connectivity index (χ2v) is 4.88. The molecule has 1 aliphatic rings. The quantitative estimate of drug-likeness (QED) is 0.924. The van der Waals surface area contributed by atoms with Crippen molar-refractivity contribution in [1.82, 2.24) is 5.32 Å². The maximum Gasteiger partial charge on any atom is 0.220 e. The van der Waals surface area contributed by atoms with E-state index in [9.17, 15) is 4.79 Å². The molecule has 1 aliphatic heterocycles. The minimum Gasteiger partial charge on any atom is -0.496 e. The van der Waals surface area contributed by atoms with Crippen LogP contribution in [0.25, 0.3) is 0 Å². The molecule has 1 unspecified atom stereocenters. The van der Waals surface area contributed by atoms with Gasteiger partial charge in [0.15, 0.2) is 0 Å². The van der Waals surface area contributed by atoms with E-state index in [-0.39, 0.29) is 11.9 Å². The third kappa shape index (κ3) is 2.55. The van der Waals surface area contributed by atoms with Gasteiger partial charge in [0.2, 0.25) is 5.91 Å². The molecule has 86 valence electrons. The minimum atomic E-state index is 0.152. The Hall–Kier alpha value is -1.03. The van der Waals surface area contributed by atoms with Crippen LogP contribution in [-0.4, -0.2) is 19.1 Å².